The number of allylic oxidation sites excluding steroid dienone is 3. The lowest BCUT2D eigenvalue weighted by Crippen LogP contribution is -2.10. The molecule has 1 aromatic carbocycles. The second-order valence-corrected chi connectivity index (χ2v) is 6.88. The quantitative estimate of drug-likeness (QED) is 0.633. The molecule has 0 atom stereocenters. The topological polar surface area (TPSA) is 60.4 Å². The van der Waals surface area contributed by atoms with Gasteiger partial charge in [-0.05, 0) is 29.2 Å². The van der Waals surface area contributed by atoms with E-state index in [9.17, 15) is 13.2 Å². The summed E-state index contributed by atoms with van der Waals surface area (Å²) in [6.45, 7) is 0. The molecule has 0 radical (unpaired) electrons. The SMILES string of the molecule is COC(=O)C1=CCC(=CS(=O)(=O)Cl)C=C1c1ccccc1. The van der Waals surface area contributed by atoms with Crippen molar-refractivity contribution in [3.8, 4) is 0 Å². The van der Waals surface area contributed by atoms with Crippen LogP contribution in [0, 0.1) is 0 Å². The van der Waals surface area contributed by atoms with Crippen LogP contribution >= 0.6 is 10.7 Å². The molecule has 21 heavy (non-hydrogen) atoms. The largest absolute Gasteiger partial charge is 0.465 e. The van der Waals surface area contributed by atoms with Crippen LogP contribution in [0.4, 0.5) is 0 Å². The zero-order valence-electron chi connectivity index (χ0n) is 11.2. The first-order valence-electron chi connectivity index (χ1n) is 6.12. The fourth-order valence-corrected chi connectivity index (χ4v) is 2.94. The molecule has 0 unspecified atom stereocenters. The lowest BCUT2D eigenvalue weighted by atomic mass is 9.90. The minimum Gasteiger partial charge on any atom is -0.465 e. The van der Waals surface area contributed by atoms with E-state index in [4.69, 9.17) is 15.4 Å². The maximum absolute atomic E-state index is 11.8. The molecule has 0 saturated carbocycles. The van der Waals surface area contributed by atoms with Crippen LogP contribution in [0.25, 0.3) is 5.57 Å². The number of carbonyl (C=O) groups is 1. The summed E-state index contributed by atoms with van der Waals surface area (Å²) in [5, 5.41) is 0.988. The molecule has 4 nitrogen and oxygen atoms in total. The van der Waals surface area contributed by atoms with E-state index in [0.717, 1.165) is 11.0 Å². The van der Waals surface area contributed by atoms with E-state index in [-0.39, 0.29) is 0 Å². The van der Waals surface area contributed by atoms with Gasteiger partial charge in [-0.3, -0.25) is 0 Å². The minimum absolute atomic E-state index is 0.298. The summed E-state index contributed by atoms with van der Waals surface area (Å²) >= 11 is 0. The Morgan fingerprint density at radius 3 is 2.52 bits per heavy atom. The van der Waals surface area contributed by atoms with Gasteiger partial charge in [-0.25, -0.2) is 13.2 Å². The van der Waals surface area contributed by atoms with E-state index in [1.54, 1.807) is 12.2 Å². The van der Waals surface area contributed by atoms with Crippen LogP contribution in [0.1, 0.15) is 12.0 Å². The molecule has 0 bridgehead atoms. The molecule has 110 valence electrons. The van der Waals surface area contributed by atoms with Gasteiger partial charge in [-0.15, -0.1) is 0 Å². The summed E-state index contributed by atoms with van der Waals surface area (Å²) < 4.78 is 27.1. The van der Waals surface area contributed by atoms with Gasteiger partial charge in [0.15, 0.2) is 0 Å². The molecule has 1 aliphatic carbocycles. The summed E-state index contributed by atoms with van der Waals surface area (Å²) in [4.78, 5) is 11.8. The average molecular weight is 325 g/mol. The van der Waals surface area contributed by atoms with Gasteiger partial charge >= 0.3 is 5.97 Å². The van der Waals surface area contributed by atoms with Gasteiger partial charge in [0.05, 0.1) is 12.7 Å². The molecule has 0 fully saturated rings. The Morgan fingerprint density at radius 2 is 1.95 bits per heavy atom. The Bertz CT molecular complexity index is 743. The van der Waals surface area contributed by atoms with Crippen LogP contribution in [-0.4, -0.2) is 21.5 Å². The van der Waals surface area contributed by atoms with E-state index >= 15 is 0 Å². The summed E-state index contributed by atoms with van der Waals surface area (Å²) in [7, 11) is 2.79. The average Bonchev–Trinajstić information content (AvgIpc) is 2.45. The van der Waals surface area contributed by atoms with E-state index in [2.05, 4.69) is 0 Å². The number of carbonyl (C=O) groups excluding carboxylic acids is 1. The Morgan fingerprint density at radius 1 is 1.29 bits per heavy atom. The van der Waals surface area contributed by atoms with E-state index in [1.165, 1.54) is 7.11 Å². The van der Waals surface area contributed by atoms with Crippen molar-refractivity contribution in [2.75, 3.05) is 7.11 Å². The second kappa shape index (κ2) is 6.28. The second-order valence-electron chi connectivity index (χ2n) is 4.41. The van der Waals surface area contributed by atoms with Crippen molar-refractivity contribution in [3.05, 3.63) is 64.6 Å². The van der Waals surface area contributed by atoms with Gasteiger partial charge in [-0.1, -0.05) is 36.4 Å². The zero-order chi connectivity index (χ0) is 15.5. The molecule has 1 aromatic rings. The van der Waals surface area contributed by atoms with Crippen LogP contribution in [0.2, 0.25) is 0 Å². The summed E-state index contributed by atoms with van der Waals surface area (Å²) in [6.07, 6.45) is 3.58. The maximum Gasteiger partial charge on any atom is 0.338 e. The van der Waals surface area contributed by atoms with Crippen LogP contribution in [-0.2, 0) is 18.6 Å². The fraction of sp³-hybridized carbons (Fsp3) is 0.133. The first kappa shape index (κ1) is 15.5. The molecule has 0 amide bonds. The normalized spacial score (nSPS) is 17.1. The summed E-state index contributed by atoms with van der Waals surface area (Å²) in [6, 6.07) is 9.19. The predicted octanol–water partition coefficient (Wildman–Crippen LogP) is 3.03. The van der Waals surface area contributed by atoms with Crippen molar-refractivity contribution >= 4 is 31.3 Å². The number of hydrogen-bond acceptors (Lipinski definition) is 4. The van der Waals surface area contributed by atoms with Crippen molar-refractivity contribution < 1.29 is 17.9 Å². The molecule has 1 aliphatic rings. The molecule has 0 saturated heterocycles. The van der Waals surface area contributed by atoms with E-state index < -0.39 is 15.0 Å². The molecule has 0 heterocycles. The number of esters is 1. The van der Waals surface area contributed by atoms with Crippen LogP contribution in [0.5, 0.6) is 0 Å². The Kier molecular flexibility index (Phi) is 4.65. The Hall–Kier alpha value is -1.85. The molecular weight excluding hydrogens is 312 g/mol. The third-order valence-corrected chi connectivity index (χ3v) is 3.80. The molecule has 6 heteroatoms. The highest BCUT2D eigenvalue weighted by molar-refractivity contribution is 8.16. The highest BCUT2D eigenvalue weighted by atomic mass is 35.7. The molecule has 0 N–H and O–H groups in total. The number of halogens is 1. The van der Waals surface area contributed by atoms with Crippen molar-refractivity contribution in [1.29, 1.82) is 0 Å². The third kappa shape index (κ3) is 4.06. The Labute approximate surface area is 127 Å². The van der Waals surface area contributed by atoms with Crippen molar-refractivity contribution in [1.82, 2.24) is 0 Å². The lowest BCUT2D eigenvalue weighted by Gasteiger charge is -2.16. The van der Waals surface area contributed by atoms with Crippen molar-refractivity contribution in [2.24, 2.45) is 0 Å². The van der Waals surface area contributed by atoms with Crippen LogP contribution < -0.4 is 0 Å². The van der Waals surface area contributed by atoms with Crippen LogP contribution in [0.3, 0.4) is 0 Å². The minimum atomic E-state index is -3.75. The Balaban J connectivity index is 2.52. The molecule has 0 aliphatic heterocycles. The molecule has 0 aromatic heterocycles. The van der Waals surface area contributed by atoms with Gasteiger partial charge in [0.1, 0.15) is 0 Å². The first-order chi connectivity index (χ1) is 9.90. The van der Waals surface area contributed by atoms with Gasteiger partial charge in [0.2, 0.25) is 0 Å². The van der Waals surface area contributed by atoms with E-state index in [0.29, 0.717) is 23.1 Å². The lowest BCUT2D eigenvalue weighted by molar-refractivity contribution is -0.135. The van der Waals surface area contributed by atoms with Gasteiger partial charge in [-0.2, -0.15) is 0 Å². The number of hydrogen-bond donors (Lipinski definition) is 0. The van der Waals surface area contributed by atoms with Gasteiger partial charge in [0.25, 0.3) is 9.05 Å². The maximum atomic E-state index is 11.8. The molecule has 2 rings (SSSR count). The highest BCUT2D eigenvalue weighted by Crippen LogP contribution is 2.31. The number of rotatable bonds is 3. The summed E-state index contributed by atoms with van der Waals surface area (Å²) in [5.41, 5.74) is 2.33. The third-order valence-electron chi connectivity index (χ3n) is 2.94. The number of methoxy groups -OCH3 is 1. The zero-order valence-corrected chi connectivity index (χ0v) is 12.8. The summed E-state index contributed by atoms with van der Waals surface area (Å²) in [5.74, 6) is -0.460. The number of benzene rings is 1. The molecular formula is C15H13ClO4S. The predicted molar refractivity (Wildman–Crippen MR) is 82.0 cm³/mol. The number of ether oxygens (including phenoxy) is 1. The first-order valence-corrected chi connectivity index (χ1v) is 8.49. The van der Waals surface area contributed by atoms with Crippen molar-refractivity contribution in [3.63, 3.8) is 0 Å². The van der Waals surface area contributed by atoms with E-state index in [1.807, 2.05) is 30.3 Å². The van der Waals surface area contributed by atoms with Crippen LogP contribution in [0.15, 0.2) is 59.0 Å². The van der Waals surface area contributed by atoms with Gasteiger partial charge < -0.3 is 4.74 Å². The smallest absolute Gasteiger partial charge is 0.338 e. The van der Waals surface area contributed by atoms with Gasteiger partial charge in [0, 0.05) is 16.1 Å². The monoisotopic (exact) mass is 324 g/mol. The standard InChI is InChI=1S/C15H13ClO4S/c1-20-15(17)13-8-7-11(10-21(16,18)19)9-14(13)12-5-3-2-4-6-12/h2-6,8-10H,7H2,1H3. The highest BCUT2D eigenvalue weighted by Gasteiger charge is 2.20. The molecule has 0 spiro atoms. The fourth-order valence-electron chi connectivity index (χ4n) is 2.07. The van der Waals surface area contributed by atoms with Crippen molar-refractivity contribution in [2.45, 2.75) is 6.42 Å².